The van der Waals surface area contributed by atoms with Crippen LogP contribution in [0.5, 0.6) is 0 Å². The van der Waals surface area contributed by atoms with Gasteiger partial charge in [-0.15, -0.1) is 11.3 Å². The number of halogens is 1. The summed E-state index contributed by atoms with van der Waals surface area (Å²) in [7, 11) is 0. The maximum atomic E-state index is 12.2. The van der Waals surface area contributed by atoms with Crippen molar-refractivity contribution in [1.29, 1.82) is 0 Å². The van der Waals surface area contributed by atoms with Crippen LogP contribution < -0.4 is 5.32 Å². The average Bonchev–Trinajstić information content (AvgIpc) is 3.45. The zero-order chi connectivity index (χ0) is 21.8. The Morgan fingerprint density at radius 1 is 1.19 bits per heavy atom. The molecule has 1 amide bonds. The first-order valence-electron chi connectivity index (χ1n) is 9.33. The van der Waals surface area contributed by atoms with Crippen molar-refractivity contribution < 1.29 is 15.0 Å². The third kappa shape index (κ3) is 4.97. The standard InChI is InChI=1S/C21H18ClN5O3S/c22-15-3-1-2-14(8-15)19-25-20(27(26-19)9-17(29)10-28)13-4-6-16(7-5-13)24-21(30)18-11-31-12-23-18/h1-8,11-12,17,28-29H,9-10H2,(H,24,30). The number of benzene rings is 2. The smallest absolute Gasteiger partial charge is 0.275 e. The molecular weight excluding hydrogens is 438 g/mol. The van der Waals surface area contributed by atoms with Crippen molar-refractivity contribution in [3.05, 3.63) is 70.1 Å². The molecule has 0 saturated heterocycles. The minimum atomic E-state index is -0.982. The normalized spacial score (nSPS) is 12.0. The first-order valence-corrected chi connectivity index (χ1v) is 10.7. The Morgan fingerprint density at radius 3 is 2.68 bits per heavy atom. The summed E-state index contributed by atoms with van der Waals surface area (Å²) in [4.78, 5) is 20.8. The Kier molecular flexibility index (Phi) is 6.38. The Hall–Kier alpha value is -3.11. The minimum absolute atomic E-state index is 0.0711. The summed E-state index contributed by atoms with van der Waals surface area (Å²) in [6, 6.07) is 14.3. The molecule has 0 bridgehead atoms. The molecule has 1 unspecified atom stereocenters. The minimum Gasteiger partial charge on any atom is -0.394 e. The predicted octanol–water partition coefficient (Wildman–Crippen LogP) is 3.33. The van der Waals surface area contributed by atoms with Gasteiger partial charge in [0.25, 0.3) is 5.91 Å². The van der Waals surface area contributed by atoms with Crippen LogP contribution in [0, 0.1) is 0 Å². The topological polar surface area (TPSA) is 113 Å². The van der Waals surface area contributed by atoms with Crippen LogP contribution in [0.3, 0.4) is 0 Å². The molecule has 0 fully saturated rings. The van der Waals surface area contributed by atoms with E-state index in [1.165, 1.54) is 11.3 Å². The molecule has 8 nitrogen and oxygen atoms in total. The van der Waals surface area contributed by atoms with Gasteiger partial charge in [-0.25, -0.2) is 14.6 Å². The zero-order valence-electron chi connectivity index (χ0n) is 16.1. The number of carbonyl (C=O) groups is 1. The van der Waals surface area contributed by atoms with Crippen LogP contribution in [0.4, 0.5) is 5.69 Å². The Morgan fingerprint density at radius 2 is 2.00 bits per heavy atom. The number of aliphatic hydroxyl groups is 2. The van der Waals surface area contributed by atoms with E-state index < -0.39 is 12.7 Å². The predicted molar refractivity (Wildman–Crippen MR) is 119 cm³/mol. The lowest BCUT2D eigenvalue weighted by atomic mass is 10.2. The van der Waals surface area contributed by atoms with Crippen LogP contribution >= 0.6 is 22.9 Å². The Bertz CT molecular complexity index is 1180. The average molecular weight is 456 g/mol. The summed E-state index contributed by atoms with van der Waals surface area (Å²) in [5, 5.41) is 28.7. The molecule has 4 aromatic rings. The second kappa shape index (κ2) is 9.36. The molecule has 4 rings (SSSR count). The van der Waals surface area contributed by atoms with Gasteiger partial charge in [-0.3, -0.25) is 4.79 Å². The fraction of sp³-hybridized carbons (Fsp3) is 0.143. The number of hydrogen-bond donors (Lipinski definition) is 3. The summed E-state index contributed by atoms with van der Waals surface area (Å²) in [5.41, 5.74) is 4.04. The molecule has 0 radical (unpaired) electrons. The van der Waals surface area contributed by atoms with Crippen molar-refractivity contribution in [2.75, 3.05) is 11.9 Å². The van der Waals surface area contributed by atoms with E-state index in [1.54, 1.807) is 58.0 Å². The number of carbonyl (C=O) groups excluding carboxylic acids is 1. The summed E-state index contributed by atoms with van der Waals surface area (Å²) in [6.45, 7) is -0.324. The van der Waals surface area contributed by atoms with Crippen LogP contribution in [0.2, 0.25) is 5.02 Å². The van der Waals surface area contributed by atoms with E-state index in [9.17, 15) is 15.0 Å². The molecule has 2 aromatic carbocycles. The van der Waals surface area contributed by atoms with Crippen LogP contribution in [0.15, 0.2) is 59.4 Å². The number of thiazole rings is 1. The van der Waals surface area contributed by atoms with Crippen molar-refractivity contribution in [2.45, 2.75) is 12.6 Å². The van der Waals surface area contributed by atoms with Gasteiger partial charge in [-0.05, 0) is 36.4 Å². The Labute approximate surface area is 186 Å². The van der Waals surface area contributed by atoms with Crippen molar-refractivity contribution in [2.24, 2.45) is 0 Å². The van der Waals surface area contributed by atoms with E-state index in [4.69, 9.17) is 11.6 Å². The molecule has 31 heavy (non-hydrogen) atoms. The van der Waals surface area contributed by atoms with Gasteiger partial charge in [0.1, 0.15) is 5.69 Å². The van der Waals surface area contributed by atoms with Gasteiger partial charge in [-0.1, -0.05) is 23.7 Å². The Balaban J connectivity index is 1.63. The molecule has 0 aliphatic carbocycles. The van der Waals surface area contributed by atoms with Crippen molar-refractivity contribution >= 4 is 34.5 Å². The quantitative estimate of drug-likeness (QED) is 0.394. The lowest BCUT2D eigenvalue weighted by Crippen LogP contribution is -2.21. The van der Waals surface area contributed by atoms with Gasteiger partial charge in [0.2, 0.25) is 0 Å². The zero-order valence-corrected chi connectivity index (χ0v) is 17.7. The van der Waals surface area contributed by atoms with Crippen molar-refractivity contribution in [1.82, 2.24) is 19.7 Å². The van der Waals surface area contributed by atoms with Crippen LogP contribution in [0.25, 0.3) is 22.8 Å². The molecule has 2 heterocycles. The highest BCUT2D eigenvalue weighted by Crippen LogP contribution is 2.26. The van der Waals surface area contributed by atoms with E-state index in [-0.39, 0.29) is 12.5 Å². The van der Waals surface area contributed by atoms with Gasteiger partial charge in [0.15, 0.2) is 11.6 Å². The summed E-state index contributed by atoms with van der Waals surface area (Å²) in [6.07, 6.45) is -0.982. The highest BCUT2D eigenvalue weighted by Gasteiger charge is 2.17. The lowest BCUT2D eigenvalue weighted by Gasteiger charge is -2.10. The highest BCUT2D eigenvalue weighted by atomic mass is 35.5. The molecule has 10 heteroatoms. The van der Waals surface area contributed by atoms with Gasteiger partial charge in [-0.2, -0.15) is 5.10 Å². The molecule has 2 aromatic heterocycles. The first kappa shape index (κ1) is 21.1. The highest BCUT2D eigenvalue weighted by molar-refractivity contribution is 7.07. The molecular formula is C21H18ClN5O3S. The van der Waals surface area contributed by atoms with Crippen LogP contribution in [-0.2, 0) is 6.54 Å². The van der Waals surface area contributed by atoms with E-state index in [0.717, 1.165) is 11.1 Å². The van der Waals surface area contributed by atoms with E-state index in [0.29, 0.717) is 28.1 Å². The van der Waals surface area contributed by atoms with Gasteiger partial charge < -0.3 is 15.5 Å². The maximum absolute atomic E-state index is 12.2. The van der Waals surface area contributed by atoms with Gasteiger partial charge in [0.05, 0.1) is 24.8 Å². The number of hydrogen-bond acceptors (Lipinski definition) is 7. The monoisotopic (exact) mass is 455 g/mol. The second-order valence-electron chi connectivity index (χ2n) is 6.69. The molecule has 0 spiro atoms. The SMILES string of the molecule is O=C(Nc1ccc(-c2nc(-c3cccc(Cl)c3)nn2CC(O)CO)cc1)c1cscn1. The fourth-order valence-electron chi connectivity index (χ4n) is 2.91. The number of nitrogens with zero attached hydrogens (tertiary/aromatic N) is 4. The maximum Gasteiger partial charge on any atom is 0.275 e. The molecule has 1 atom stereocenters. The molecule has 0 saturated carbocycles. The van der Waals surface area contributed by atoms with Crippen LogP contribution in [0.1, 0.15) is 10.5 Å². The number of aromatic nitrogens is 4. The van der Waals surface area contributed by atoms with E-state index >= 15 is 0 Å². The molecule has 158 valence electrons. The number of nitrogens with one attached hydrogen (secondary N) is 1. The van der Waals surface area contributed by atoms with Gasteiger partial charge in [0, 0.05) is 27.2 Å². The second-order valence-corrected chi connectivity index (χ2v) is 7.85. The summed E-state index contributed by atoms with van der Waals surface area (Å²) in [5.74, 6) is 0.676. The fourth-order valence-corrected chi connectivity index (χ4v) is 3.63. The molecule has 3 N–H and O–H groups in total. The number of anilines is 1. The van der Waals surface area contributed by atoms with Crippen molar-refractivity contribution in [3.63, 3.8) is 0 Å². The van der Waals surface area contributed by atoms with E-state index in [1.807, 2.05) is 6.07 Å². The number of rotatable bonds is 7. The molecule has 0 aliphatic rings. The lowest BCUT2D eigenvalue weighted by molar-refractivity contribution is 0.0786. The van der Waals surface area contributed by atoms with Crippen LogP contribution in [-0.4, -0.2) is 48.6 Å². The number of amides is 1. The van der Waals surface area contributed by atoms with Gasteiger partial charge >= 0.3 is 0 Å². The largest absolute Gasteiger partial charge is 0.394 e. The summed E-state index contributed by atoms with van der Waals surface area (Å²) < 4.78 is 1.54. The molecule has 0 aliphatic heterocycles. The third-order valence-corrected chi connectivity index (χ3v) is 5.24. The summed E-state index contributed by atoms with van der Waals surface area (Å²) >= 11 is 7.44. The van der Waals surface area contributed by atoms with E-state index in [2.05, 4.69) is 20.4 Å². The first-order chi connectivity index (χ1) is 15.0. The number of aliphatic hydroxyl groups excluding tert-OH is 2. The van der Waals surface area contributed by atoms with Crippen molar-refractivity contribution in [3.8, 4) is 22.8 Å². The third-order valence-electron chi connectivity index (χ3n) is 4.41.